The van der Waals surface area contributed by atoms with E-state index in [-0.39, 0.29) is 5.78 Å². The van der Waals surface area contributed by atoms with E-state index in [0.717, 1.165) is 39.6 Å². The van der Waals surface area contributed by atoms with Crippen LogP contribution in [-0.2, 0) is 6.42 Å². The number of hydrogen-bond acceptors (Lipinski definition) is 1. The number of allylic oxidation sites excluding steroid dienone is 1. The molecule has 0 aliphatic heterocycles. The largest absolute Gasteiger partial charge is 0.289 e. The SMILES string of the molecule is Cc1ccc2c(c1)C(=O)/C(=C/c1cccc(Br)c1)CC2. The zero-order chi connectivity index (χ0) is 14.1. The van der Waals surface area contributed by atoms with Crippen molar-refractivity contribution in [2.24, 2.45) is 0 Å². The summed E-state index contributed by atoms with van der Waals surface area (Å²) < 4.78 is 1.03. The number of carbonyl (C=O) groups is 1. The molecule has 0 bridgehead atoms. The number of rotatable bonds is 1. The summed E-state index contributed by atoms with van der Waals surface area (Å²) in [6, 6.07) is 14.2. The van der Waals surface area contributed by atoms with Gasteiger partial charge < -0.3 is 0 Å². The van der Waals surface area contributed by atoms with Crippen LogP contribution in [0.25, 0.3) is 6.08 Å². The Bertz CT molecular complexity index is 713. The molecule has 3 rings (SSSR count). The number of carbonyl (C=O) groups excluding carboxylic acids is 1. The molecule has 0 spiro atoms. The molecule has 1 nitrogen and oxygen atoms in total. The first-order valence-electron chi connectivity index (χ1n) is 6.74. The van der Waals surface area contributed by atoms with Crippen molar-refractivity contribution in [1.82, 2.24) is 0 Å². The van der Waals surface area contributed by atoms with Crippen molar-refractivity contribution in [2.45, 2.75) is 19.8 Å². The van der Waals surface area contributed by atoms with Crippen molar-refractivity contribution < 1.29 is 4.79 Å². The van der Waals surface area contributed by atoms with Crippen LogP contribution < -0.4 is 0 Å². The van der Waals surface area contributed by atoms with Crippen LogP contribution in [0.15, 0.2) is 52.5 Å². The fourth-order valence-corrected chi connectivity index (χ4v) is 3.03. The van der Waals surface area contributed by atoms with E-state index in [1.54, 1.807) is 0 Å². The number of benzene rings is 2. The molecule has 2 aromatic carbocycles. The molecule has 0 radical (unpaired) electrons. The van der Waals surface area contributed by atoms with Gasteiger partial charge in [0, 0.05) is 15.6 Å². The van der Waals surface area contributed by atoms with Gasteiger partial charge in [0.05, 0.1) is 0 Å². The van der Waals surface area contributed by atoms with Gasteiger partial charge in [-0.2, -0.15) is 0 Å². The fourth-order valence-electron chi connectivity index (χ4n) is 2.61. The average molecular weight is 327 g/mol. The summed E-state index contributed by atoms with van der Waals surface area (Å²) in [5.41, 5.74) is 5.16. The molecule has 0 N–H and O–H groups in total. The molecule has 0 heterocycles. The van der Waals surface area contributed by atoms with E-state index in [1.807, 2.05) is 43.3 Å². The number of Topliss-reactive ketones (excluding diaryl/α,β-unsaturated/α-hetero) is 1. The fraction of sp³-hybridized carbons (Fsp3) is 0.167. The third kappa shape index (κ3) is 2.61. The lowest BCUT2D eigenvalue weighted by atomic mass is 9.85. The van der Waals surface area contributed by atoms with Gasteiger partial charge in [0.15, 0.2) is 5.78 Å². The molecule has 0 aromatic heterocycles. The Morgan fingerprint density at radius 3 is 2.75 bits per heavy atom. The second-order valence-corrected chi connectivity index (χ2v) is 6.13. The van der Waals surface area contributed by atoms with Crippen LogP contribution in [0, 0.1) is 6.92 Å². The van der Waals surface area contributed by atoms with Gasteiger partial charge in [-0.05, 0) is 55.2 Å². The minimum absolute atomic E-state index is 0.176. The minimum Gasteiger partial charge on any atom is -0.289 e. The molecular formula is C18H15BrO. The Labute approximate surface area is 127 Å². The molecule has 1 aliphatic carbocycles. The maximum Gasteiger partial charge on any atom is 0.189 e. The Balaban J connectivity index is 2.00. The summed E-state index contributed by atoms with van der Waals surface area (Å²) in [6.07, 6.45) is 3.78. The van der Waals surface area contributed by atoms with E-state index in [9.17, 15) is 4.79 Å². The molecule has 2 heteroatoms. The van der Waals surface area contributed by atoms with Gasteiger partial charge >= 0.3 is 0 Å². The highest BCUT2D eigenvalue weighted by Crippen LogP contribution is 2.27. The molecule has 0 amide bonds. The average Bonchev–Trinajstić information content (AvgIpc) is 2.43. The summed E-state index contributed by atoms with van der Waals surface area (Å²) >= 11 is 3.46. The zero-order valence-corrected chi connectivity index (χ0v) is 12.9. The van der Waals surface area contributed by atoms with Gasteiger partial charge in [-0.1, -0.05) is 45.8 Å². The lowest BCUT2D eigenvalue weighted by Gasteiger charge is -2.18. The predicted molar refractivity (Wildman–Crippen MR) is 85.9 cm³/mol. The third-order valence-corrected chi connectivity index (χ3v) is 4.15. The molecule has 0 fully saturated rings. The third-order valence-electron chi connectivity index (χ3n) is 3.65. The highest BCUT2D eigenvalue weighted by molar-refractivity contribution is 9.10. The van der Waals surface area contributed by atoms with E-state index in [1.165, 1.54) is 5.56 Å². The Morgan fingerprint density at radius 2 is 1.95 bits per heavy atom. The molecular weight excluding hydrogens is 312 g/mol. The molecule has 0 saturated heterocycles. The van der Waals surface area contributed by atoms with Crippen molar-refractivity contribution in [2.75, 3.05) is 0 Å². The van der Waals surface area contributed by atoms with Crippen molar-refractivity contribution >= 4 is 27.8 Å². The van der Waals surface area contributed by atoms with Crippen LogP contribution in [-0.4, -0.2) is 5.78 Å². The maximum absolute atomic E-state index is 12.6. The predicted octanol–water partition coefficient (Wildman–Crippen LogP) is 4.97. The smallest absolute Gasteiger partial charge is 0.189 e. The number of hydrogen-bond donors (Lipinski definition) is 0. The molecule has 1 aliphatic rings. The van der Waals surface area contributed by atoms with Gasteiger partial charge in [-0.3, -0.25) is 4.79 Å². The Kier molecular flexibility index (Phi) is 3.58. The minimum atomic E-state index is 0.176. The van der Waals surface area contributed by atoms with Gasteiger partial charge in [0.25, 0.3) is 0 Å². The first-order valence-corrected chi connectivity index (χ1v) is 7.53. The van der Waals surface area contributed by atoms with Crippen molar-refractivity contribution in [3.63, 3.8) is 0 Å². The van der Waals surface area contributed by atoms with Crippen molar-refractivity contribution in [1.29, 1.82) is 0 Å². The van der Waals surface area contributed by atoms with Gasteiger partial charge in [-0.25, -0.2) is 0 Å². The Hall–Kier alpha value is -1.67. The summed E-state index contributed by atoms with van der Waals surface area (Å²) in [5, 5.41) is 0. The second kappa shape index (κ2) is 5.37. The van der Waals surface area contributed by atoms with Crippen LogP contribution in [0.5, 0.6) is 0 Å². The van der Waals surface area contributed by atoms with Gasteiger partial charge in [-0.15, -0.1) is 0 Å². The molecule has 20 heavy (non-hydrogen) atoms. The lowest BCUT2D eigenvalue weighted by molar-refractivity contribution is 0.102. The Morgan fingerprint density at radius 1 is 1.10 bits per heavy atom. The summed E-state index contributed by atoms with van der Waals surface area (Å²) in [4.78, 5) is 12.6. The molecule has 0 atom stereocenters. The normalized spacial score (nSPS) is 16.3. The number of aryl methyl sites for hydroxylation is 2. The van der Waals surface area contributed by atoms with Crippen LogP contribution >= 0.6 is 15.9 Å². The van der Waals surface area contributed by atoms with Crippen LogP contribution in [0.4, 0.5) is 0 Å². The van der Waals surface area contributed by atoms with Crippen molar-refractivity contribution in [3.05, 3.63) is 74.8 Å². The summed E-state index contributed by atoms with van der Waals surface area (Å²) in [5.74, 6) is 0.176. The van der Waals surface area contributed by atoms with E-state index < -0.39 is 0 Å². The van der Waals surface area contributed by atoms with Crippen LogP contribution in [0.2, 0.25) is 0 Å². The molecule has 100 valence electrons. The molecule has 0 saturated carbocycles. The highest BCUT2D eigenvalue weighted by Gasteiger charge is 2.21. The quantitative estimate of drug-likeness (QED) is 0.676. The summed E-state index contributed by atoms with van der Waals surface area (Å²) in [6.45, 7) is 2.03. The van der Waals surface area contributed by atoms with Crippen LogP contribution in [0.1, 0.15) is 33.5 Å². The van der Waals surface area contributed by atoms with Gasteiger partial charge in [0.2, 0.25) is 0 Å². The van der Waals surface area contributed by atoms with Crippen LogP contribution in [0.3, 0.4) is 0 Å². The molecule has 2 aromatic rings. The van der Waals surface area contributed by atoms with E-state index in [4.69, 9.17) is 0 Å². The van der Waals surface area contributed by atoms with E-state index in [2.05, 4.69) is 28.1 Å². The van der Waals surface area contributed by atoms with Crippen molar-refractivity contribution in [3.8, 4) is 0 Å². The van der Waals surface area contributed by atoms with E-state index >= 15 is 0 Å². The monoisotopic (exact) mass is 326 g/mol. The highest BCUT2D eigenvalue weighted by atomic mass is 79.9. The second-order valence-electron chi connectivity index (χ2n) is 5.21. The van der Waals surface area contributed by atoms with Gasteiger partial charge in [0.1, 0.15) is 0 Å². The first kappa shape index (κ1) is 13.3. The topological polar surface area (TPSA) is 17.1 Å². The first-order chi connectivity index (χ1) is 9.63. The lowest BCUT2D eigenvalue weighted by Crippen LogP contribution is -2.14. The standard InChI is InChI=1S/C18H15BrO/c1-12-5-6-14-7-8-15(18(20)17(14)9-12)10-13-3-2-4-16(19)11-13/h2-6,9-11H,7-8H2,1H3/b15-10+. The van der Waals surface area contributed by atoms with E-state index in [0.29, 0.717) is 0 Å². The summed E-state index contributed by atoms with van der Waals surface area (Å²) in [7, 11) is 0. The molecule has 0 unspecified atom stereocenters. The number of halogens is 1. The number of fused-ring (bicyclic) bond motifs is 1. The number of ketones is 1. The zero-order valence-electron chi connectivity index (χ0n) is 11.3. The maximum atomic E-state index is 12.6.